The van der Waals surface area contributed by atoms with Crippen molar-refractivity contribution in [1.82, 2.24) is 15.6 Å². The number of nitrogens with two attached hydrogens (primary N) is 1. The van der Waals surface area contributed by atoms with Gasteiger partial charge in [0.15, 0.2) is 0 Å². The molecular formula is C38H58F3N5O3. The molecule has 1 heterocycles. The van der Waals surface area contributed by atoms with E-state index in [1.165, 1.54) is 43.7 Å². The predicted molar refractivity (Wildman–Crippen MR) is 194 cm³/mol. The van der Waals surface area contributed by atoms with E-state index in [1.54, 1.807) is 25.1 Å². The first-order chi connectivity index (χ1) is 23.7. The number of aryl methyl sites for hydroxylation is 1. The summed E-state index contributed by atoms with van der Waals surface area (Å²) in [5.74, 6) is -1.13. The lowest BCUT2D eigenvalue weighted by Crippen LogP contribution is -2.42. The van der Waals surface area contributed by atoms with Crippen LogP contribution in [-0.2, 0) is 20.8 Å². The quantitative estimate of drug-likeness (QED) is 0.159. The molecule has 1 aromatic carbocycles. The van der Waals surface area contributed by atoms with Crippen molar-refractivity contribution < 1.29 is 27.6 Å². The van der Waals surface area contributed by atoms with Crippen molar-refractivity contribution in [1.29, 1.82) is 0 Å². The maximum atomic E-state index is 14.8. The number of nitrogens with zero attached hydrogens (tertiary/aromatic N) is 1. The van der Waals surface area contributed by atoms with Gasteiger partial charge in [-0.25, -0.2) is 13.2 Å². The van der Waals surface area contributed by atoms with E-state index in [0.717, 1.165) is 31.6 Å². The fourth-order valence-corrected chi connectivity index (χ4v) is 5.23. The number of aromatic nitrogens is 1. The minimum atomic E-state index is -1.15. The lowest BCUT2D eigenvalue weighted by molar-refractivity contribution is -0.117. The molecule has 2 aromatic rings. The molecule has 4 rings (SSSR count). The molecule has 2 aliphatic rings. The van der Waals surface area contributed by atoms with Gasteiger partial charge in [-0.3, -0.25) is 9.78 Å². The summed E-state index contributed by atoms with van der Waals surface area (Å²) < 4.78 is 42.9. The molecule has 1 fully saturated rings. The molecule has 5 N–H and O–H groups in total. The third kappa shape index (κ3) is 16.5. The Morgan fingerprint density at radius 2 is 1.76 bits per heavy atom. The fourth-order valence-electron chi connectivity index (χ4n) is 5.23. The number of benzene rings is 1. The van der Waals surface area contributed by atoms with Gasteiger partial charge in [0, 0.05) is 30.5 Å². The molecule has 1 aromatic heterocycles. The van der Waals surface area contributed by atoms with Crippen LogP contribution < -0.4 is 21.7 Å². The number of halogens is 3. The van der Waals surface area contributed by atoms with Gasteiger partial charge < -0.3 is 31.3 Å². The Balaban J connectivity index is 0.00000183. The Kier molecular flexibility index (Phi) is 24.3. The maximum Gasteiger partial charge on any atom is 0.242 e. The minimum Gasteiger partial charge on any atom is -0.323 e. The van der Waals surface area contributed by atoms with Crippen molar-refractivity contribution in [3.8, 4) is 0 Å². The number of allylic oxidation sites excluding steroid dienone is 3. The first-order valence-electron chi connectivity index (χ1n) is 17.1. The highest BCUT2D eigenvalue weighted by Gasteiger charge is 2.31. The molecule has 2 aliphatic carbocycles. The summed E-state index contributed by atoms with van der Waals surface area (Å²) in [5.41, 5.74) is 8.86. The summed E-state index contributed by atoms with van der Waals surface area (Å²) in [6, 6.07) is 3.44. The average molecular weight is 690 g/mol. The topological polar surface area (TPSA) is 126 Å². The molecule has 0 saturated heterocycles. The Hall–Kier alpha value is -3.67. The van der Waals surface area contributed by atoms with Gasteiger partial charge in [-0.2, -0.15) is 0 Å². The lowest BCUT2D eigenvalue weighted by Gasteiger charge is -2.27. The standard InChI is InChI=1S/C29H38F3N5O.C5H10.C2H6.2CH2O/c1-4-11-35-15-23(34-3)9-10-24-25(32)16-36-17-26(24)37-29(38)28(33)27(19-5-7-21(30)8-6-19)20-12-18(2)13-22(31)14-20;1-2-5-3-4-5;3*1-2/h5-7,12-14,16-17,21,23,27-28,34-35H,4,8-11,15,33H2,1-3H3,(H,37,38);5H,2-4H2,1H3;1-2H3;2*1H2/t21?,23-,27-,28-;;;;/m0..../s1. The summed E-state index contributed by atoms with van der Waals surface area (Å²) in [7, 11) is 1.86. The zero-order valence-corrected chi connectivity index (χ0v) is 30.2. The second-order valence-electron chi connectivity index (χ2n) is 11.6. The first-order valence-corrected chi connectivity index (χ1v) is 17.1. The van der Waals surface area contributed by atoms with E-state index in [2.05, 4.69) is 34.8 Å². The number of carbonyl (C=O) groups excluding carboxylic acids is 3. The SMILES string of the molecule is C=O.C=O.CC.CCC1CC1.CCCNC[C@H](CCc1c(F)cncc1NC(=O)[C@@H](N)[C@@H](C1=CCC(F)C=C1)c1cc(C)cc(F)c1)NC. The zero-order chi connectivity index (χ0) is 37.4. The molecule has 0 spiro atoms. The third-order valence-corrected chi connectivity index (χ3v) is 8.03. The zero-order valence-electron chi connectivity index (χ0n) is 30.2. The van der Waals surface area contributed by atoms with Gasteiger partial charge in [-0.1, -0.05) is 71.3 Å². The number of alkyl halides is 1. The van der Waals surface area contributed by atoms with Crippen LogP contribution in [0.5, 0.6) is 0 Å². The second kappa shape index (κ2) is 26.2. The van der Waals surface area contributed by atoms with Crippen LogP contribution in [0.25, 0.3) is 0 Å². The van der Waals surface area contributed by atoms with Crippen molar-refractivity contribution in [3.05, 3.63) is 82.7 Å². The van der Waals surface area contributed by atoms with Crippen LogP contribution in [0.2, 0.25) is 0 Å². The van der Waals surface area contributed by atoms with Gasteiger partial charge >= 0.3 is 0 Å². The van der Waals surface area contributed by atoms with Crippen molar-refractivity contribution >= 4 is 25.2 Å². The molecule has 0 bridgehead atoms. The van der Waals surface area contributed by atoms with E-state index in [-0.39, 0.29) is 18.2 Å². The lowest BCUT2D eigenvalue weighted by atomic mass is 9.81. The Morgan fingerprint density at radius 3 is 2.27 bits per heavy atom. The van der Waals surface area contributed by atoms with Crippen LogP contribution in [0, 0.1) is 24.5 Å². The minimum absolute atomic E-state index is 0.116. The van der Waals surface area contributed by atoms with Crippen molar-refractivity contribution in [2.24, 2.45) is 11.7 Å². The van der Waals surface area contributed by atoms with Crippen LogP contribution in [-0.4, -0.2) is 62.9 Å². The average Bonchev–Trinajstić information content (AvgIpc) is 3.96. The summed E-state index contributed by atoms with van der Waals surface area (Å²) in [4.78, 5) is 33.3. The third-order valence-electron chi connectivity index (χ3n) is 8.03. The van der Waals surface area contributed by atoms with E-state index in [4.69, 9.17) is 15.3 Å². The number of likely N-dealkylation sites (N-methyl/N-ethyl adjacent to an activating group) is 1. The molecule has 274 valence electrons. The molecule has 8 nitrogen and oxygen atoms in total. The van der Waals surface area contributed by atoms with Gasteiger partial charge in [0.05, 0.1) is 24.1 Å². The predicted octanol–water partition coefficient (Wildman–Crippen LogP) is 6.93. The first kappa shape index (κ1) is 45.3. The van der Waals surface area contributed by atoms with E-state index in [0.29, 0.717) is 35.1 Å². The van der Waals surface area contributed by atoms with Crippen molar-refractivity contribution in [3.63, 3.8) is 0 Å². The number of pyridine rings is 1. The number of rotatable bonds is 14. The van der Waals surface area contributed by atoms with Gasteiger partial charge in [0.2, 0.25) is 5.91 Å². The highest BCUT2D eigenvalue weighted by molar-refractivity contribution is 5.96. The van der Waals surface area contributed by atoms with E-state index < -0.39 is 35.7 Å². The van der Waals surface area contributed by atoms with Crippen LogP contribution >= 0.6 is 0 Å². The summed E-state index contributed by atoms with van der Waals surface area (Å²) in [5, 5.41) is 9.34. The highest BCUT2D eigenvalue weighted by Crippen LogP contribution is 2.33. The number of hydrogen-bond acceptors (Lipinski definition) is 7. The van der Waals surface area contributed by atoms with Crippen molar-refractivity contribution in [2.45, 2.75) is 104 Å². The van der Waals surface area contributed by atoms with Crippen LogP contribution in [0.15, 0.2) is 54.4 Å². The number of anilines is 1. The summed E-state index contributed by atoms with van der Waals surface area (Å²) in [6.07, 6.45) is 12.7. The van der Waals surface area contributed by atoms with Crippen LogP contribution in [0.4, 0.5) is 18.9 Å². The van der Waals surface area contributed by atoms with Gasteiger partial charge in [0.25, 0.3) is 0 Å². The molecule has 11 heteroatoms. The normalized spacial score (nSPS) is 16.3. The fraction of sp³-hybridized carbons (Fsp3) is 0.526. The second-order valence-corrected chi connectivity index (χ2v) is 11.6. The van der Waals surface area contributed by atoms with Gasteiger partial charge in [-0.15, -0.1) is 0 Å². The van der Waals surface area contributed by atoms with Gasteiger partial charge in [-0.05, 0) is 74.5 Å². The smallest absolute Gasteiger partial charge is 0.242 e. The Morgan fingerprint density at radius 1 is 1.08 bits per heavy atom. The van der Waals surface area contributed by atoms with Gasteiger partial charge in [0.1, 0.15) is 31.4 Å². The largest absolute Gasteiger partial charge is 0.323 e. The molecule has 0 aliphatic heterocycles. The van der Waals surface area contributed by atoms with Crippen molar-refractivity contribution in [2.75, 3.05) is 25.5 Å². The molecule has 49 heavy (non-hydrogen) atoms. The molecule has 1 amide bonds. The number of amides is 1. The molecule has 0 radical (unpaired) electrons. The molecular weight excluding hydrogens is 631 g/mol. The monoisotopic (exact) mass is 689 g/mol. The highest BCUT2D eigenvalue weighted by atomic mass is 19.1. The van der Waals surface area contributed by atoms with Crippen LogP contribution in [0.3, 0.4) is 0 Å². The Bertz CT molecular complexity index is 1270. The molecule has 1 saturated carbocycles. The number of carbonyl (C=O) groups is 3. The number of nitrogens with one attached hydrogen (secondary N) is 3. The van der Waals surface area contributed by atoms with E-state index in [1.807, 2.05) is 34.5 Å². The summed E-state index contributed by atoms with van der Waals surface area (Å²) >= 11 is 0. The number of hydrogen-bond donors (Lipinski definition) is 4. The molecule has 4 atom stereocenters. The van der Waals surface area contributed by atoms with Crippen LogP contribution in [0.1, 0.15) is 88.8 Å². The summed E-state index contributed by atoms with van der Waals surface area (Å²) in [6.45, 7) is 15.7. The Labute approximate surface area is 291 Å². The maximum absolute atomic E-state index is 14.8. The van der Waals surface area contributed by atoms with E-state index >= 15 is 0 Å². The van der Waals surface area contributed by atoms with E-state index in [9.17, 15) is 18.0 Å². The molecule has 1 unspecified atom stereocenters.